The van der Waals surface area contributed by atoms with Crippen molar-refractivity contribution in [3.63, 3.8) is 0 Å². The molecule has 9 heteroatoms. The molecule has 0 amide bonds. The van der Waals surface area contributed by atoms with Crippen LogP contribution in [0.1, 0.15) is 31.7 Å². The molecule has 2 rings (SSSR count). The van der Waals surface area contributed by atoms with Gasteiger partial charge in [-0.25, -0.2) is 13.6 Å². The van der Waals surface area contributed by atoms with Crippen molar-refractivity contribution in [2.75, 3.05) is 0 Å². The zero-order chi connectivity index (χ0) is 15.6. The van der Waals surface area contributed by atoms with Crippen LogP contribution in [-0.4, -0.2) is 33.4 Å². The quantitative estimate of drug-likeness (QED) is 0.867. The Labute approximate surface area is 123 Å². The van der Waals surface area contributed by atoms with Crippen LogP contribution >= 0.6 is 0 Å². The smallest absolute Gasteiger partial charge is 0.273 e. The van der Waals surface area contributed by atoms with Crippen LogP contribution in [0.3, 0.4) is 0 Å². The highest BCUT2D eigenvalue weighted by Crippen LogP contribution is 2.23. The minimum Gasteiger partial charge on any atom is -0.297 e. The van der Waals surface area contributed by atoms with Gasteiger partial charge in [0.2, 0.25) is 0 Å². The van der Waals surface area contributed by atoms with Crippen molar-refractivity contribution in [3.05, 3.63) is 17.5 Å². The topological polar surface area (TPSA) is 117 Å². The molecule has 0 aliphatic carbocycles. The minimum absolute atomic E-state index is 0.226. The molecule has 2 aromatic heterocycles. The van der Waals surface area contributed by atoms with Crippen molar-refractivity contribution in [2.45, 2.75) is 45.3 Å². The fraction of sp³-hybridized carbons (Fsp3) is 0.500. The van der Waals surface area contributed by atoms with E-state index in [2.05, 4.69) is 20.4 Å². The van der Waals surface area contributed by atoms with Crippen molar-refractivity contribution >= 4 is 10.0 Å². The maximum Gasteiger partial charge on any atom is 0.273 e. The highest BCUT2D eigenvalue weighted by Gasteiger charge is 2.23. The molecule has 8 nitrogen and oxygen atoms in total. The van der Waals surface area contributed by atoms with Gasteiger partial charge in [-0.1, -0.05) is 13.8 Å². The normalized spacial score (nSPS) is 11.8. The first-order valence-corrected chi connectivity index (χ1v) is 8.22. The molecule has 0 fully saturated rings. The highest BCUT2D eigenvalue weighted by molar-refractivity contribution is 7.89. The van der Waals surface area contributed by atoms with Crippen molar-refractivity contribution in [1.82, 2.24) is 25.0 Å². The summed E-state index contributed by atoms with van der Waals surface area (Å²) in [4.78, 5) is 0. The Balaban J connectivity index is 2.70. The number of rotatable bonds is 5. The van der Waals surface area contributed by atoms with Gasteiger partial charge in [-0.2, -0.15) is 10.2 Å². The summed E-state index contributed by atoms with van der Waals surface area (Å²) in [7, 11) is -3.92. The molecule has 0 aliphatic heterocycles. The van der Waals surface area contributed by atoms with E-state index in [-0.39, 0.29) is 5.16 Å². The zero-order valence-corrected chi connectivity index (χ0v) is 13.1. The summed E-state index contributed by atoms with van der Waals surface area (Å²) in [5.41, 5.74) is 2.21. The fourth-order valence-electron chi connectivity index (χ4n) is 2.09. The van der Waals surface area contributed by atoms with Gasteiger partial charge in [-0.3, -0.25) is 4.57 Å². The second-order valence-electron chi connectivity index (χ2n) is 4.70. The molecule has 0 saturated heterocycles. The van der Waals surface area contributed by atoms with Crippen LogP contribution in [0.15, 0.2) is 11.2 Å². The average molecular weight is 310 g/mol. The maximum atomic E-state index is 11.6. The van der Waals surface area contributed by atoms with Gasteiger partial charge in [0.1, 0.15) is 0 Å². The number of aromatic nitrogens is 5. The predicted molar refractivity (Wildman–Crippen MR) is 76.8 cm³/mol. The molecule has 0 aliphatic rings. The molecular weight excluding hydrogens is 292 g/mol. The molecule has 0 unspecified atom stereocenters. The zero-order valence-electron chi connectivity index (χ0n) is 12.2. The minimum atomic E-state index is -3.92. The molecule has 114 valence electrons. The van der Waals surface area contributed by atoms with Crippen molar-refractivity contribution < 1.29 is 8.42 Å². The molecule has 0 bridgehead atoms. The van der Waals surface area contributed by atoms with Gasteiger partial charge in [0.15, 0.2) is 5.82 Å². The third-order valence-corrected chi connectivity index (χ3v) is 3.80. The molecule has 0 saturated carbocycles. The predicted octanol–water partition coefficient (Wildman–Crippen LogP) is 0.663. The van der Waals surface area contributed by atoms with Gasteiger partial charge >= 0.3 is 0 Å². The highest BCUT2D eigenvalue weighted by atomic mass is 32.2. The monoisotopic (exact) mass is 310 g/mol. The lowest BCUT2D eigenvalue weighted by Crippen LogP contribution is -2.19. The summed E-state index contributed by atoms with van der Waals surface area (Å²) >= 11 is 0. The second kappa shape index (κ2) is 5.86. The maximum absolute atomic E-state index is 11.6. The van der Waals surface area contributed by atoms with E-state index in [9.17, 15) is 8.42 Å². The van der Waals surface area contributed by atoms with Gasteiger partial charge < -0.3 is 0 Å². The van der Waals surface area contributed by atoms with E-state index in [4.69, 9.17) is 5.14 Å². The van der Waals surface area contributed by atoms with Crippen LogP contribution in [0.25, 0.3) is 11.4 Å². The van der Waals surface area contributed by atoms with Crippen molar-refractivity contribution in [3.8, 4) is 11.4 Å². The summed E-state index contributed by atoms with van der Waals surface area (Å²) in [5, 5.41) is 20.9. The molecule has 0 atom stereocenters. The average Bonchev–Trinajstić information content (AvgIpc) is 2.82. The van der Waals surface area contributed by atoms with E-state index in [1.54, 1.807) is 0 Å². The molecular formula is C12H18N6O2S. The van der Waals surface area contributed by atoms with Crippen LogP contribution in [0.4, 0.5) is 0 Å². The van der Waals surface area contributed by atoms with Gasteiger partial charge in [-0.15, -0.1) is 10.2 Å². The van der Waals surface area contributed by atoms with Gasteiger partial charge in [0, 0.05) is 12.1 Å². The summed E-state index contributed by atoms with van der Waals surface area (Å²) < 4.78 is 24.8. The van der Waals surface area contributed by atoms with E-state index in [1.807, 2.05) is 26.8 Å². The van der Waals surface area contributed by atoms with Crippen molar-refractivity contribution in [1.29, 1.82) is 0 Å². The Morgan fingerprint density at radius 1 is 1.19 bits per heavy atom. The third kappa shape index (κ3) is 3.08. The first-order chi connectivity index (χ1) is 9.88. The van der Waals surface area contributed by atoms with Crippen LogP contribution in [0, 0.1) is 6.92 Å². The van der Waals surface area contributed by atoms with Crippen LogP contribution < -0.4 is 5.14 Å². The summed E-state index contributed by atoms with van der Waals surface area (Å²) in [5.74, 6) is 0.454. The number of primary sulfonamides is 1. The van der Waals surface area contributed by atoms with Gasteiger partial charge in [0.25, 0.3) is 15.2 Å². The SMILES string of the molecule is CCCn1c(-c2cc(C)nnc2CC)nnc1S(N)(=O)=O. The third-order valence-electron chi connectivity index (χ3n) is 2.99. The lowest BCUT2D eigenvalue weighted by Gasteiger charge is -2.10. The standard InChI is InChI=1S/C12H18N6O2S/c1-4-6-18-11(16-17-12(18)21(13,19)20)9-7-8(3)14-15-10(9)5-2/h7H,4-6H2,1-3H3,(H2,13,19,20). The van der Waals surface area contributed by atoms with Crippen molar-refractivity contribution in [2.24, 2.45) is 5.14 Å². The van der Waals surface area contributed by atoms with Crippen LogP contribution in [0.2, 0.25) is 0 Å². The lowest BCUT2D eigenvalue weighted by atomic mass is 10.1. The summed E-state index contributed by atoms with van der Waals surface area (Å²) in [6.45, 7) is 6.16. The Kier molecular flexibility index (Phi) is 4.33. The number of nitrogens with zero attached hydrogens (tertiary/aromatic N) is 5. The van der Waals surface area contributed by atoms with E-state index >= 15 is 0 Å². The molecule has 0 aromatic carbocycles. The molecule has 2 heterocycles. The number of aryl methyl sites for hydroxylation is 2. The van der Waals surface area contributed by atoms with Gasteiger partial charge in [0.05, 0.1) is 11.4 Å². The Morgan fingerprint density at radius 2 is 1.90 bits per heavy atom. The number of hydrogen-bond acceptors (Lipinski definition) is 6. The van der Waals surface area contributed by atoms with E-state index in [0.717, 1.165) is 23.4 Å². The molecule has 0 spiro atoms. The van der Waals surface area contributed by atoms with E-state index < -0.39 is 10.0 Å². The Morgan fingerprint density at radius 3 is 2.48 bits per heavy atom. The molecule has 2 aromatic rings. The number of hydrogen-bond donors (Lipinski definition) is 1. The molecule has 21 heavy (non-hydrogen) atoms. The Bertz CT molecular complexity index is 753. The summed E-state index contributed by atoms with van der Waals surface area (Å²) in [6.07, 6.45) is 1.39. The summed E-state index contributed by atoms with van der Waals surface area (Å²) in [6, 6.07) is 1.83. The van der Waals surface area contributed by atoms with E-state index in [0.29, 0.717) is 18.8 Å². The lowest BCUT2D eigenvalue weighted by molar-refractivity contribution is 0.559. The fourth-order valence-corrected chi connectivity index (χ4v) is 2.73. The van der Waals surface area contributed by atoms with Crippen LogP contribution in [-0.2, 0) is 23.0 Å². The largest absolute Gasteiger partial charge is 0.297 e. The Hall–Kier alpha value is -1.87. The van der Waals surface area contributed by atoms with Gasteiger partial charge in [-0.05, 0) is 25.8 Å². The first kappa shape index (κ1) is 15.5. The first-order valence-electron chi connectivity index (χ1n) is 6.68. The molecule has 0 radical (unpaired) electrons. The van der Waals surface area contributed by atoms with E-state index in [1.165, 1.54) is 4.57 Å². The number of nitrogens with two attached hydrogens (primary N) is 1. The number of sulfonamides is 1. The van der Waals surface area contributed by atoms with Crippen LogP contribution in [0.5, 0.6) is 0 Å². The second-order valence-corrected chi connectivity index (χ2v) is 6.16. The molecule has 2 N–H and O–H groups in total.